The molecule has 3 aromatic carbocycles. The molecule has 0 aliphatic carbocycles. The van der Waals surface area contributed by atoms with Crippen LogP contribution in [-0.2, 0) is 4.79 Å². The Bertz CT molecular complexity index is 1310. The van der Waals surface area contributed by atoms with Gasteiger partial charge in [0.15, 0.2) is 5.58 Å². The second kappa shape index (κ2) is 9.29. The van der Waals surface area contributed by atoms with Gasteiger partial charge in [0, 0.05) is 11.0 Å². The molecule has 0 saturated heterocycles. The molecule has 4 aromatic rings. The highest BCUT2D eigenvalue weighted by Gasteiger charge is 2.18. The van der Waals surface area contributed by atoms with Gasteiger partial charge in [0.1, 0.15) is 10.4 Å². The van der Waals surface area contributed by atoms with Gasteiger partial charge in [-0.05, 0) is 60.7 Å². The van der Waals surface area contributed by atoms with Crippen LogP contribution in [0.25, 0.3) is 17.2 Å². The average Bonchev–Trinajstić information content (AvgIpc) is 3.18. The van der Waals surface area contributed by atoms with Crippen molar-refractivity contribution < 1.29 is 19.2 Å². The number of carboxylic acids is 1. The number of aromatic nitrogens is 1. The van der Waals surface area contributed by atoms with Gasteiger partial charge in [0.05, 0.1) is 9.82 Å². The largest absolute Gasteiger partial charge is 0.477 e. The summed E-state index contributed by atoms with van der Waals surface area (Å²) in [5, 5.41) is 21.5. The molecular formula is C23H16N2O5S2. The summed E-state index contributed by atoms with van der Waals surface area (Å²) >= 11 is 2.13. The quantitative estimate of drug-likeness (QED) is 0.145. The average molecular weight is 465 g/mol. The maximum absolute atomic E-state index is 11.8. The molecular weight excluding hydrogens is 448 g/mol. The van der Waals surface area contributed by atoms with Gasteiger partial charge in [0.25, 0.3) is 10.9 Å². The smallest absolute Gasteiger partial charge is 0.342 e. The minimum Gasteiger partial charge on any atom is -0.477 e. The lowest BCUT2D eigenvalue weighted by Gasteiger charge is -2.05. The summed E-state index contributed by atoms with van der Waals surface area (Å²) in [4.78, 5) is 28.5. The number of oxazole rings is 1. The Morgan fingerprint density at radius 3 is 2.56 bits per heavy atom. The fourth-order valence-corrected chi connectivity index (χ4v) is 4.51. The van der Waals surface area contributed by atoms with Crippen LogP contribution in [0.1, 0.15) is 11.1 Å². The molecule has 1 aromatic heterocycles. The first-order chi connectivity index (χ1) is 15.4. The van der Waals surface area contributed by atoms with Crippen LogP contribution in [-0.4, -0.2) is 21.0 Å². The first-order valence-corrected chi connectivity index (χ1v) is 11.0. The third kappa shape index (κ3) is 5.01. The zero-order valence-corrected chi connectivity index (χ0v) is 18.4. The topological polar surface area (TPSA) is 106 Å². The van der Waals surface area contributed by atoms with Crippen molar-refractivity contribution >= 4 is 52.4 Å². The number of carbonyl (C=O) groups is 1. The van der Waals surface area contributed by atoms with E-state index in [1.54, 1.807) is 30.3 Å². The van der Waals surface area contributed by atoms with Gasteiger partial charge in [-0.3, -0.25) is 10.1 Å². The fourth-order valence-electron chi connectivity index (χ4n) is 2.86. The van der Waals surface area contributed by atoms with Crippen LogP contribution in [0.15, 0.2) is 91.1 Å². The molecule has 160 valence electrons. The van der Waals surface area contributed by atoms with E-state index in [-0.39, 0.29) is 15.8 Å². The Hall–Kier alpha value is -3.56. The molecule has 9 heteroatoms. The third-order valence-corrected chi connectivity index (χ3v) is 6.34. The third-order valence-electron chi connectivity index (χ3n) is 4.41. The van der Waals surface area contributed by atoms with E-state index in [2.05, 4.69) is 4.98 Å². The lowest BCUT2D eigenvalue weighted by molar-refractivity contribution is -0.387. The summed E-state index contributed by atoms with van der Waals surface area (Å²) in [6, 6.07) is 19.4. The Balaban J connectivity index is 1.64. The molecule has 0 saturated carbocycles. The van der Waals surface area contributed by atoms with Crippen molar-refractivity contribution in [2.45, 2.75) is 21.9 Å². The Kier molecular flexibility index (Phi) is 6.29. The van der Waals surface area contributed by atoms with Crippen molar-refractivity contribution in [2.24, 2.45) is 0 Å². The molecule has 0 spiro atoms. The maximum Gasteiger partial charge on any atom is 0.342 e. The Labute approximate surface area is 191 Å². The molecule has 0 bridgehead atoms. The molecule has 0 amide bonds. The van der Waals surface area contributed by atoms with Crippen molar-refractivity contribution in [2.75, 3.05) is 0 Å². The van der Waals surface area contributed by atoms with E-state index in [4.69, 9.17) is 4.42 Å². The van der Waals surface area contributed by atoms with Crippen LogP contribution in [0.5, 0.6) is 0 Å². The standard InChI is InChI=1S/C23H16N2O5S2/c1-14-6-9-16(10-7-14)31-20-11-8-15(12-18(20)25(28)29)13-21(22(26)27)32-23-24-17-4-2-3-5-19(17)30-23/h2-13H,1H3,(H,26,27)/b21-13+. The molecule has 0 aliphatic rings. The van der Waals surface area contributed by atoms with Gasteiger partial charge < -0.3 is 9.52 Å². The molecule has 7 nitrogen and oxygen atoms in total. The number of para-hydroxylation sites is 2. The summed E-state index contributed by atoms with van der Waals surface area (Å²) in [5.74, 6) is -1.18. The van der Waals surface area contributed by atoms with Crippen molar-refractivity contribution in [3.63, 3.8) is 0 Å². The van der Waals surface area contributed by atoms with Crippen molar-refractivity contribution in [3.05, 3.63) is 92.9 Å². The number of aliphatic carboxylic acids is 1. The molecule has 0 atom stereocenters. The number of aryl methyl sites for hydroxylation is 1. The lowest BCUT2D eigenvalue weighted by atomic mass is 10.2. The monoisotopic (exact) mass is 464 g/mol. The van der Waals surface area contributed by atoms with Crippen molar-refractivity contribution in [3.8, 4) is 0 Å². The second-order valence-corrected chi connectivity index (χ2v) is 8.87. The van der Waals surface area contributed by atoms with E-state index in [1.165, 1.54) is 23.9 Å². The highest BCUT2D eigenvalue weighted by molar-refractivity contribution is 8.03. The van der Waals surface area contributed by atoms with Gasteiger partial charge in [-0.2, -0.15) is 0 Å². The van der Waals surface area contributed by atoms with E-state index in [1.807, 2.05) is 37.3 Å². The Morgan fingerprint density at radius 2 is 1.88 bits per heavy atom. The molecule has 32 heavy (non-hydrogen) atoms. The van der Waals surface area contributed by atoms with Gasteiger partial charge in [0.2, 0.25) is 0 Å². The number of fused-ring (bicyclic) bond motifs is 1. The number of hydrogen-bond donors (Lipinski definition) is 1. The summed E-state index contributed by atoms with van der Waals surface area (Å²) in [6.45, 7) is 1.97. The minimum absolute atomic E-state index is 0.0650. The molecule has 0 unspecified atom stereocenters. The predicted octanol–water partition coefficient (Wildman–Crippen LogP) is 6.41. The SMILES string of the molecule is Cc1ccc(Sc2ccc(/C=C(/Sc3nc4ccccc4o3)C(=O)O)cc2[N+](=O)[O-])cc1. The molecule has 1 heterocycles. The molecule has 1 N–H and O–H groups in total. The molecule has 0 fully saturated rings. The fraction of sp³-hybridized carbons (Fsp3) is 0.0435. The van der Waals surface area contributed by atoms with Crippen molar-refractivity contribution in [1.29, 1.82) is 0 Å². The zero-order chi connectivity index (χ0) is 22.7. The van der Waals surface area contributed by atoms with Crippen LogP contribution in [0.2, 0.25) is 0 Å². The number of nitro benzene ring substituents is 1. The second-order valence-electron chi connectivity index (χ2n) is 6.76. The molecule has 0 aliphatic heterocycles. The lowest BCUT2D eigenvalue weighted by Crippen LogP contribution is -1.97. The van der Waals surface area contributed by atoms with E-state index in [0.717, 1.165) is 22.2 Å². The number of hydrogen-bond acceptors (Lipinski definition) is 7. The van der Waals surface area contributed by atoms with Gasteiger partial charge in [-0.25, -0.2) is 9.78 Å². The van der Waals surface area contributed by atoms with Crippen LogP contribution < -0.4 is 0 Å². The van der Waals surface area contributed by atoms with Gasteiger partial charge in [-0.15, -0.1) is 0 Å². The van der Waals surface area contributed by atoms with E-state index < -0.39 is 10.9 Å². The summed E-state index contributed by atoms with van der Waals surface area (Å²) < 4.78 is 5.58. The number of rotatable bonds is 7. The number of nitro groups is 1. The Morgan fingerprint density at radius 1 is 1.12 bits per heavy atom. The summed E-state index contributed by atoms with van der Waals surface area (Å²) in [5.41, 5.74) is 2.56. The van der Waals surface area contributed by atoms with Crippen LogP contribution in [0.3, 0.4) is 0 Å². The maximum atomic E-state index is 11.8. The highest BCUT2D eigenvalue weighted by atomic mass is 32.2. The normalized spacial score (nSPS) is 11.6. The summed E-state index contributed by atoms with van der Waals surface area (Å²) in [7, 11) is 0. The van der Waals surface area contributed by atoms with E-state index >= 15 is 0 Å². The predicted molar refractivity (Wildman–Crippen MR) is 124 cm³/mol. The van der Waals surface area contributed by atoms with Crippen LogP contribution in [0, 0.1) is 17.0 Å². The van der Waals surface area contributed by atoms with E-state index in [9.17, 15) is 20.0 Å². The first kappa shape index (κ1) is 21.7. The number of carboxylic acid groups (broad SMARTS) is 1. The molecule has 0 radical (unpaired) electrons. The van der Waals surface area contributed by atoms with Crippen LogP contribution in [0.4, 0.5) is 5.69 Å². The van der Waals surface area contributed by atoms with Gasteiger partial charge >= 0.3 is 5.97 Å². The first-order valence-electron chi connectivity index (χ1n) is 9.40. The zero-order valence-electron chi connectivity index (χ0n) is 16.7. The number of benzene rings is 3. The summed E-state index contributed by atoms with van der Waals surface area (Å²) in [6.07, 6.45) is 1.37. The highest BCUT2D eigenvalue weighted by Crippen LogP contribution is 2.37. The van der Waals surface area contributed by atoms with Crippen LogP contribution >= 0.6 is 23.5 Å². The van der Waals surface area contributed by atoms with Gasteiger partial charge in [-0.1, -0.05) is 47.7 Å². The number of nitrogens with zero attached hydrogens (tertiary/aromatic N) is 2. The van der Waals surface area contributed by atoms with Crippen molar-refractivity contribution in [1.82, 2.24) is 4.98 Å². The van der Waals surface area contributed by atoms with E-state index in [0.29, 0.717) is 21.6 Å². The molecule has 4 rings (SSSR count). The minimum atomic E-state index is -1.18. The number of thioether (sulfide) groups is 1.